The number of rotatable bonds is 6. The quantitative estimate of drug-likeness (QED) is 0.394. The molecule has 1 N–H and O–H groups in total. The zero-order chi connectivity index (χ0) is 25.9. The van der Waals surface area contributed by atoms with Crippen molar-refractivity contribution < 1.29 is 14.3 Å². The number of anilines is 1. The monoisotopic (exact) mass is 552 g/mol. The van der Waals surface area contributed by atoms with Gasteiger partial charge < -0.3 is 10.1 Å². The summed E-state index contributed by atoms with van der Waals surface area (Å²) in [6, 6.07) is 21.9. The van der Waals surface area contributed by atoms with Crippen LogP contribution in [0.15, 0.2) is 82.9 Å². The number of thioether (sulfide) groups is 1. The molecule has 0 spiro atoms. The number of nitrogens with zero attached hydrogens (tertiary/aromatic N) is 3. The van der Waals surface area contributed by atoms with Gasteiger partial charge in [-0.05, 0) is 71.8 Å². The van der Waals surface area contributed by atoms with E-state index in [0.717, 1.165) is 22.6 Å². The number of amides is 2. The minimum absolute atomic E-state index is 0.00632. The maximum absolute atomic E-state index is 12.8. The van der Waals surface area contributed by atoms with Crippen molar-refractivity contribution in [2.75, 3.05) is 12.4 Å². The van der Waals surface area contributed by atoms with E-state index < -0.39 is 5.25 Å². The van der Waals surface area contributed by atoms with Crippen molar-refractivity contribution >= 4 is 63.3 Å². The molecule has 10 heteroatoms. The van der Waals surface area contributed by atoms with Gasteiger partial charge in [0, 0.05) is 28.6 Å². The Kier molecular flexibility index (Phi) is 7.50. The summed E-state index contributed by atoms with van der Waals surface area (Å²) >= 11 is 13.3. The van der Waals surface area contributed by atoms with Crippen LogP contribution >= 0.6 is 35.0 Å². The molecule has 2 unspecified atom stereocenters. The first-order valence-corrected chi connectivity index (χ1v) is 13.1. The lowest BCUT2D eigenvalue weighted by Crippen LogP contribution is -2.25. The van der Waals surface area contributed by atoms with E-state index in [0.29, 0.717) is 27.3 Å². The van der Waals surface area contributed by atoms with Crippen LogP contribution < -0.4 is 10.1 Å². The second-order valence-electron chi connectivity index (χ2n) is 8.49. The zero-order valence-corrected chi connectivity index (χ0v) is 22.1. The van der Waals surface area contributed by atoms with E-state index in [1.807, 2.05) is 48.5 Å². The summed E-state index contributed by atoms with van der Waals surface area (Å²) in [6.07, 6.45) is 0.608. The fraction of sp³-hybridized carbons (Fsp3) is 0.185. The Labute approximate surface area is 228 Å². The lowest BCUT2D eigenvalue weighted by Gasteiger charge is -2.23. The summed E-state index contributed by atoms with van der Waals surface area (Å²) in [6.45, 7) is 0. The van der Waals surface area contributed by atoms with Gasteiger partial charge in [0.05, 0.1) is 18.9 Å². The highest BCUT2D eigenvalue weighted by atomic mass is 35.5. The largest absolute Gasteiger partial charge is 0.497 e. The van der Waals surface area contributed by atoms with Gasteiger partial charge >= 0.3 is 0 Å². The fourth-order valence-electron chi connectivity index (χ4n) is 4.11. The number of nitrogens with one attached hydrogen (secondary N) is 1. The summed E-state index contributed by atoms with van der Waals surface area (Å²) in [4.78, 5) is 29.7. The smallest absolute Gasteiger partial charge is 0.262 e. The molecule has 2 heterocycles. The van der Waals surface area contributed by atoms with Gasteiger partial charge in [-0.1, -0.05) is 47.1 Å². The molecule has 37 heavy (non-hydrogen) atoms. The van der Waals surface area contributed by atoms with Gasteiger partial charge in [-0.2, -0.15) is 10.1 Å². The fourth-order valence-corrected chi connectivity index (χ4v) is 5.42. The Bertz CT molecular complexity index is 1380. The number of hydrogen-bond donors (Lipinski definition) is 1. The van der Waals surface area contributed by atoms with Gasteiger partial charge in [-0.3, -0.25) is 9.59 Å². The average Bonchev–Trinajstić information content (AvgIpc) is 3.50. The van der Waals surface area contributed by atoms with Crippen LogP contribution in [0, 0.1) is 0 Å². The Morgan fingerprint density at radius 1 is 1.03 bits per heavy atom. The van der Waals surface area contributed by atoms with Crippen LogP contribution in [-0.2, 0) is 9.59 Å². The van der Waals surface area contributed by atoms with Crippen molar-refractivity contribution in [1.82, 2.24) is 5.01 Å². The second kappa shape index (κ2) is 11.0. The molecule has 2 atom stereocenters. The molecular formula is C27H22Cl2N4O3S. The normalized spacial score (nSPS) is 19.0. The first-order valence-electron chi connectivity index (χ1n) is 11.5. The van der Waals surface area contributed by atoms with Crippen molar-refractivity contribution in [2.45, 2.75) is 24.1 Å². The lowest BCUT2D eigenvalue weighted by molar-refractivity contribution is -0.121. The summed E-state index contributed by atoms with van der Waals surface area (Å²) in [5.41, 5.74) is 3.43. The van der Waals surface area contributed by atoms with E-state index in [2.05, 4.69) is 10.3 Å². The number of methoxy groups -OCH3 is 1. The van der Waals surface area contributed by atoms with E-state index in [1.165, 1.54) is 11.8 Å². The molecule has 2 aliphatic heterocycles. The Morgan fingerprint density at radius 3 is 2.32 bits per heavy atom. The van der Waals surface area contributed by atoms with E-state index in [9.17, 15) is 9.59 Å². The minimum Gasteiger partial charge on any atom is -0.497 e. The highest BCUT2D eigenvalue weighted by Crippen LogP contribution is 2.39. The van der Waals surface area contributed by atoms with Gasteiger partial charge in [-0.25, -0.2) is 5.01 Å². The highest BCUT2D eigenvalue weighted by molar-refractivity contribution is 8.15. The molecule has 188 valence electrons. The van der Waals surface area contributed by atoms with Crippen LogP contribution in [0.5, 0.6) is 5.75 Å². The molecule has 0 bridgehead atoms. The topological polar surface area (TPSA) is 83.4 Å². The lowest BCUT2D eigenvalue weighted by atomic mass is 9.98. The van der Waals surface area contributed by atoms with Crippen molar-refractivity contribution in [3.05, 3.63) is 94.0 Å². The standard InChI is InChI=1S/C27H22Cl2N4O3S/c1-36-21-12-4-16(5-13-21)22-14-23(17-2-6-18(28)7-3-17)33(32-22)27-31-26(35)24(37-27)15-25(34)30-20-10-8-19(29)9-11-20/h2-13,23-24H,14-15H2,1H3,(H,30,34). The third-order valence-corrected chi connectivity index (χ3v) is 7.66. The molecule has 0 fully saturated rings. The second-order valence-corrected chi connectivity index (χ2v) is 10.5. The molecule has 0 saturated carbocycles. The van der Waals surface area contributed by atoms with E-state index >= 15 is 0 Å². The number of carbonyl (C=O) groups is 2. The number of ether oxygens (including phenoxy) is 1. The highest BCUT2D eigenvalue weighted by Gasteiger charge is 2.39. The zero-order valence-electron chi connectivity index (χ0n) is 19.7. The van der Waals surface area contributed by atoms with E-state index in [4.69, 9.17) is 33.0 Å². The molecule has 0 saturated heterocycles. The number of aliphatic imine (C=N–C) groups is 1. The molecule has 0 aromatic heterocycles. The first kappa shape index (κ1) is 25.3. The summed E-state index contributed by atoms with van der Waals surface area (Å²) in [5, 5.41) is 10.5. The van der Waals surface area contributed by atoms with Crippen LogP contribution in [-0.4, -0.2) is 40.1 Å². The van der Waals surface area contributed by atoms with Crippen LogP contribution in [0.4, 0.5) is 5.69 Å². The maximum Gasteiger partial charge on any atom is 0.262 e. The van der Waals surface area contributed by atoms with E-state index in [1.54, 1.807) is 36.4 Å². The number of benzene rings is 3. The predicted molar refractivity (Wildman–Crippen MR) is 149 cm³/mol. The number of hydrogen-bond acceptors (Lipinski definition) is 6. The minimum atomic E-state index is -0.631. The Hall–Kier alpha value is -3.33. The van der Waals surface area contributed by atoms with Crippen LogP contribution in [0.3, 0.4) is 0 Å². The molecular weight excluding hydrogens is 531 g/mol. The third-order valence-electron chi connectivity index (χ3n) is 6.01. The molecule has 0 aliphatic carbocycles. The maximum atomic E-state index is 12.8. The van der Waals surface area contributed by atoms with Crippen molar-refractivity contribution in [1.29, 1.82) is 0 Å². The van der Waals surface area contributed by atoms with Crippen molar-refractivity contribution in [3.63, 3.8) is 0 Å². The molecule has 0 radical (unpaired) electrons. The Balaban J connectivity index is 1.35. The molecule has 3 aromatic carbocycles. The molecule has 7 nitrogen and oxygen atoms in total. The summed E-state index contributed by atoms with van der Waals surface area (Å²) in [7, 11) is 1.62. The van der Waals surface area contributed by atoms with Gasteiger partial charge in [0.25, 0.3) is 5.91 Å². The molecule has 2 amide bonds. The van der Waals surface area contributed by atoms with Crippen LogP contribution in [0.2, 0.25) is 10.0 Å². The van der Waals surface area contributed by atoms with Gasteiger partial charge in [0.15, 0.2) is 5.17 Å². The van der Waals surface area contributed by atoms with Crippen molar-refractivity contribution in [3.8, 4) is 5.75 Å². The van der Waals surface area contributed by atoms with E-state index in [-0.39, 0.29) is 24.3 Å². The SMILES string of the molecule is COc1ccc(C2=NN(C3=NC(=O)C(CC(=O)Nc4ccc(Cl)cc4)S3)C(c3ccc(Cl)cc3)C2)cc1. The third kappa shape index (κ3) is 5.82. The summed E-state index contributed by atoms with van der Waals surface area (Å²) < 4.78 is 5.27. The van der Waals surface area contributed by atoms with Crippen LogP contribution in [0.1, 0.15) is 30.0 Å². The van der Waals surface area contributed by atoms with Gasteiger partial charge in [0.2, 0.25) is 5.91 Å². The Morgan fingerprint density at radius 2 is 1.68 bits per heavy atom. The number of amidine groups is 1. The van der Waals surface area contributed by atoms with Gasteiger partial charge in [-0.15, -0.1) is 0 Å². The number of hydrazone groups is 1. The van der Waals surface area contributed by atoms with Crippen LogP contribution in [0.25, 0.3) is 0 Å². The molecule has 3 aromatic rings. The van der Waals surface area contributed by atoms with Crippen molar-refractivity contribution in [2.24, 2.45) is 10.1 Å². The summed E-state index contributed by atoms with van der Waals surface area (Å²) in [5.74, 6) is 0.131. The molecule has 2 aliphatic rings. The number of halogens is 2. The average molecular weight is 553 g/mol. The predicted octanol–water partition coefficient (Wildman–Crippen LogP) is 6.18. The molecule has 5 rings (SSSR count). The first-order chi connectivity index (χ1) is 17.9. The van der Waals surface area contributed by atoms with Gasteiger partial charge in [0.1, 0.15) is 11.0 Å². The number of carbonyl (C=O) groups excluding carboxylic acids is 2.